The van der Waals surface area contributed by atoms with Crippen LogP contribution in [0.5, 0.6) is 0 Å². The average Bonchev–Trinajstić information content (AvgIpc) is 1.69. The predicted molar refractivity (Wildman–Crippen MR) is 31.7 cm³/mol. The quantitative estimate of drug-likeness (QED) is 0.260. The molecule has 0 radical (unpaired) electrons. The van der Waals surface area contributed by atoms with Gasteiger partial charge in [0.2, 0.25) is 0 Å². The highest BCUT2D eigenvalue weighted by Gasteiger charge is 1.49. The van der Waals surface area contributed by atoms with Crippen molar-refractivity contribution < 1.29 is 0 Å². The molecular weight excluding hydrogens is 84.1 g/mol. The van der Waals surface area contributed by atoms with Gasteiger partial charge in [0.25, 0.3) is 0 Å². The van der Waals surface area contributed by atoms with E-state index in [0.29, 0.717) is 0 Å². The van der Waals surface area contributed by atoms with Crippen molar-refractivity contribution in [2.45, 2.75) is 0 Å². The van der Waals surface area contributed by atoms with Crippen molar-refractivity contribution in [1.82, 2.24) is 0 Å². The van der Waals surface area contributed by atoms with E-state index in [1.807, 2.05) is 0 Å². The second-order valence-corrected chi connectivity index (χ2v) is 0.897. The summed E-state index contributed by atoms with van der Waals surface area (Å²) in [6.45, 7) is 3.33. The van der Waals surface area contributed by atoms with E-state index in [9.17, 15) is 0 Å². The number of allylic oxidation sites excluding steroid dienone is 3. The van der Waals surface area contributed by atoms with Gasteiger partial charge in [0.05, 0.1) is 0 Å². The SMILES string of the molecule is C#C/C=C/C=C=C. The van der Waals surface area contributed by atoms with Crippen LogP contribution < -0.4 is 0 Å². The van der Waals surface area contributed by atoms with Crippen molar-refractivity contribution in [3.05, 3.63) is 30.5 Å². The van der Waals surface area contributed by atoms with Crippen LogP contribution in [0.3, 0.4) is 0 Å². The number of rotatable bonds is 1. The summed E-state index contributed by atoms with van der Waals surface area (Å²) in [5.41, 5.74) is 2.55. The van der Waals surface area contributed by atoms with Crippen molar-refractivity contribution in [2.24, 2.45) is 0 Å². The van der Waals surface area contributed by atoms with Gasteiger partial charge < -0.3 is 0 Å². The van der Waals surface area contributed by atoms with E-state index in [0.717, 1.165) is 0 Å². The van der Waals surface area contributed by atoms with Crippen LogP contribution in [-0.4, -0.2) is 0 Å². The first kappa shape index (κ1) is 5.82. The molecule has 0 spiro atoms. The van der Waals surface area contributed by atoms with Crippen molar-refractivity contribution >= 4 is 0 Å². The molecule has 0 aromatic rings. The van der Waals surface area contributed by atoms with Crippen LogP contribution in [0.1, 0.15) is 0 Å². The van der Waals surface area contributed by atoms with Crippen LogP contribution in [-0.2, 0) is 0 Å². The molecule has 0 nitrogen and oxygen atoms in total. The van der Waals surface area contributed by atoms with Gasteiger partial charge in [0, 0.05) is 0 Å². The first-order valence-electron chi connectivity index (χ1n) is 1.89. The van der Waals surface area contributed by atoms with E-state index >= 15 is 0 Å². The van der Waals surface area contributed by atoms with Crippen LogP contribution in [0.4, 0.5) is 0 Å². The van der Waals surface area contributed by atoms with Gasteiger partial charge in [-0.2, -0.15) is 0 Å². The van der Waals surface area contributed by atoms with Gasteiger partial charge in [0.1, 0.15) is 0 Å². The first-order chi connectivity index (χ1) is 3.41. The molecule has 0 aliphatic carbocycles. The Hall–Kier alpha value is -1.18. The highest BCUT2D eigenvalue weighted by molar-refractivity contribution is 5.14. The molecule has 0 fully saturated rings. The zero-order valence-electron chi connectivity index (χ0n) is 4.02. The molecule has 0 rings (SSSR count). The molecule has 0 saturated carbocycles. The molecule has 0 aliphatic rings. The third-order valence-electron chi connectivity index (χ3n) is 0.407. The third kappa shape index (κ3) is 4.82. The van der Waals surface area contributed by atoms with E-state index in [4.69, 9.17) is 6.42 Å². The summed E-state index contributed by atoms with van der Waals surface area (Å²) in [7, 11) is 0. The third-order valence-corrected chi connectivity index (χ3v) is 0.407. The van der Waals surface area contributed by atoms with E-state index in [2.05, 4.69) is 18.2 Å². The minimum Gasteiger partial charge on any atom is -0.129 e. The highest BCUT2D eigenvalue weighted by atomic mass is 13.5. The molecule has 0 aromatic carbocycles. The van der Waals surface area contributed by atoms with Gasteiger partial charge in [0.15, 0.2) is 0 Å². The second kappa shape index (κ2) is 4.82. The van der Waals surface area contributed by atoms with Crippen LogP contribution in [0.15, 0.2) is 30.5 Å². The molecule has 0 N–H and O–H groups in total. The molecule has 0 atom stereocenters. The van der Waals surface area contributed by atoms with E-state index in [1.54, 1.807) is 18.2 Å². The van der Waals surface area contributed by atoms with Gasteiger partial charge in [-0.3, -0.25) is 0 Å². The zero-order chi connectivity index (χ0) is 5.54. The lowest BCUT2D eigenvalue weighted by atomic mass is 10.5. The zero-order valence-corrected chi connectivity index (χ0v) is 4.02. The van der Waals surface area contributed by atoms with E-state index in [-0.39, 0.29) is 0 Å². The van der Waals surface area contributed by atoms with Crippen molar-refractivity contribution in [3.63, 3.8) is 0 Å². The first-order valence-corrected chi connectivity index (χ1v) is 1.89. The minimum atomic E-state index is 1.58. The van der Waals surface area contributed by atoms with Gasteiger partial charge >= 0.3 is 0 Å². The van der Waals surface area contributed by atoms with Crippen LogP contribution in [0.2, 0.25) is 0 Å². The average molecular weight is 90.1 g/mol. The Morgan fingerprint density at radius 3 is 2.71 bits per heavy atom. The minimum absolute atomic E-state index is 1.58. The smallest absolute Gasteiger partial charge is 0.0115 e. The Morgan fingerprint density at radius 1 is 1.57 bits per heavy atom. The summed E-state index contributed by atoms with van der Waals surface area (Å²) < 4.78 is 0. The van der Waals surface area contributed by atoms with Gasteiger partial charge in [-0.1, -0.05) is 12.5 Å². The maximum atomic E-state index is 4.86. The maximum Gasteiger partial charge on any atom is -0.0115 e. The molecule has 0 amide bonds. The summed E-state index contributed by atoms with van der Waals surface area (Å²) in [5.74, 6) is 2.32. The van der Waals surface area contributed by atoms with E-state index in [1.165, 1.54) is 0 Å². The highest BCUT2D eigenvalue weighted by Crippen LogP contribution is 1.67. The lowest BCUT2D eigenvalue weighted by Gasteiger charge is -1.58. The van der Waals surface area contributed by atoms with Crippen LogP contribution in [0, 0.1) is 12.3 Å². The fourth-order valence-corrected chi connectivity index (χ4v) is 0.172. The number of hydrogen-bond acceptors (Lipinski definition) is 0. The van der Waals surface area contributed by atoms with Gasteiger partial charge in [-0.05, 0) is 18.2 Å². The molecule has 0 bridgehead atoms. The largest absolute Gasteiger partial charge is 0.129 e. The fraction of sp³-hybridized carbons (Fsp3) is 0. The Balaban J connectivity index is 3.54. The molecule has 7 heavy (non-hydrogen) atoms. The van der Waals surface area contributed by atoms with Gasteiger partial charge in [-0.15, -0.1) is 12.2 Å². The molecule has 0 aliphatic heterocycles. The Labute approximate surface area is 43.9 Å². The molecular formula is C7H6. The molecule has 0 unspecified atom stereocenters. The van der Waals surface area contributed by atoms with Crippen LogP contribution in [0.25, 0.3) is 0 Å². The second-order valence-electron chi connectivity index (χ2n) is 0.897. The summed E-state index contributed by atoms with van der Waals surface area (Å²) >= 11 is 0. The van der Waals surface area contributed by atoms with E-state index < -0.39 is 0 Å². The summed E-state index contributed by atoms with van der Waals surface area (Å²) in [6.07, 6.45) is 9.80. The maximum absolute atomic E-state index is 4.86. The van der Waals surface area contributed by atoms with Gasteiger partial charge in [-0.25, -0.2) is 0 Å². The number of terminal acetylenes is 1. The molecule has 0 aromatic heterocycles. The normalized spacial score (nSPS) is 7.29. The lowest BCUT2D eigenvalue weighted by molar-refractivity contribution is 2.02. The Bertz CT molecular complexity index is 138. The molecule has 0 heteroatoms. The molecule has 0 saturated heterocycles. The Morgan fingerprint density at radius 2 is 2.29 bits per heavy atom. The Kier molecular flexibility index (Phi) is 4.01. The van der Waals surface area contributed by atoms with Crippen molar-refractivity contribution in [3.8, 4) is 12.3 Å². The summed E-state index contributed by atoms with van der Waals surface area (Å²) in [4.78, 5) is 0. The lowest BCUT2D eigenvalue weighted by Crippen LogP contribution is -1.41. The fourth-order valence-electron chi connectivity index (χ4n) is 0.172. The topological polar surface area (TPSA) is 0 Å². The monoisotopic (exact) mass is 90.0 g/mol. The van der Waals surface area contributed by atoms with Crippen molar-refractivity contribution in [1.29, 1.82) is 0 Å². The van der Waals surface area contributed by atoms with Crippen molar-refractivity contribution in [2.75, 3.05) is 0 Å². The molecule has 34 valence electrons. The summed E-state index contributed by atoms with van der Waals surface area (Å²) in [6, 6.07) is 0. The standard InChI is InChI=1S/C7H6/c1-3-5-7-6-4-2/h1,5-7H,2H2/b7-5+. The predicted octanol–water partition coefficient (Wildman–Crippen LogP) is 1.52. The van der Waals surface area contributed by atoms with Crippen LogP contribution >= 0.6 is 0 Å². The summed E-state index contributed by atoms with van der Waals surface area (Å²) in [5, 5.41) is 0. The number of hydrogen-bond donors (Lipinski definition) is 0. The molecule has 0 heterocycles.